The fourth-order valence-corrected chi connectivity index (χ4v) is 3.62. The van der Waals surface area contributed by atoms with Crippen molar-refractivity contribution in [2.45, 2.75) is 40.4 Å². The van der Waals surface area contributed by atoms with Gasteiger partial charge >= 0.3 is 0 Å². The largest absolute Gasteiger partial charge is 0.357 e. The van der Waals surface area contributed by atoms with Gasteiger partial charge in [0.15, 0.2) is 5.96 Å². The van der Waals surface area contributed by atoms with Crippen LogP contribution in [0.2, 0.25) is 0 Å². The molecule has 0 unspecified atom stereocenters. The van der Waals surface area contributed by atoms with E-state index in [4.69, 9.17) is 4.99 Å². The molecule has 0 amide bonds. The molecular formula is C25H34N6. The van der Waals surface area contributed by atoms with Gasteiger partial charge in [-0.15, -0.1) is 0 Å². The normalized spacial score (nSPS) is 11.7. The lowest BCUT2D eigenvalue weighted by molar-refractivity contribution is 0.402. The smallest absolute Gasteiger partial charge is 0.191 e. The number of rotatable bonds is 8. The molecule has 3 aromatic rings. The van der Waals surface area contributed by atoms with E-state index in [0.717, 1.165) is 36.1 Å². The van der Waals surface area contributed by atoms with Crippen LogP contribution in [0.1, 0.15) is 35.0 Å². The first-order valence-corrected chi connectivity index (χ1v) is 10.8. The fraction of sp³-hybridized carbons (Fsp3) is 0.360. The number of guanidine groups is 1. The summed E-state index contributed by atoms with van der Waals surface area (Å²) < 4.78 is 2.01. The van der Waals surface area contributed by atoms with Gasteiger partial charge in [-0.1, -0.05) is 42.5 Å². The van der Waals surface area contributed by atoms with Gasteiger partial charge in [-0.2, -0.15) is 5.10 Å². The average molecular weight is 419 g/mol. The van der Waals surface area contributed by atoms with Gasteiger partial charge in [-0.3, -0.25) is 0 Å². The van der Waals surface area contributed by atoms with Crippen molar-refractivity contribution in [1.82, 2.24) is 25.3 Å². The third kappa shape index (κ3) is 6.43. The van der Waals surface area contributed by atoms with E-state index in [9.17, 15) is 0 Å². The van der Waals surface area contributed by atoms with Crippen molar-refractivity contribution in [2.75, 3.05) is 20.6 Å². The first-order chi connectivity index (χ1) is 15.0. The topological polar surface area (TPSA) is 57.5 Å². The minimum atomic E-state index is 0.635. The predicted octanol–water partition coefficient (Wildman–Crippen LogP) is 3.81. The van der Waals surface area contributed by atoms with Crippen LogP contribution >= 0.6 is 0 Å². The van der Waals surface area contributed by atoms with Crippen LogP contribution in [0.4, 0.5) is 0 Å². The molecule has 0 aliphatic heterocycles. The molecule has 2 aromatic carbocycles. The molecule has 2 N–H and O–H groups in total. The van der Waals surface area contributed by atoms with Gasteiger partial charge in [0, 0.05) is 25.3 Å². The van der Waals surface area contributed by atoms with Crippen LogP contribution in [-0.4, -0.2) is 41.3 Å². The van der Waals surface area contributed by atoms with Gasteiger partial charge in [0.1, 0.15) is 0 Å². The molecule has 6 nitrogen and oxygen atoms in total. The summed E-state index contributed by atoms with van der Waals surface area (Å²) in [7, 11) is 4.17. The van der Waals surface area contributed by atoms with Gasteiger partial charge < -0.3 is 15.5 Å². The maximum atomic E-state index is 4.80. The van der Waals surface area contributed by atoms with Crippen LogP contribution in [0.15, 0.2) is 59.6 Å². The van der Waals surface area contributed by atoms with E-state index < -0.39 is 0 Å². The van der Waals surface area contributed by atoms with Crippen molar-refractivity contribution in [1.29, 1.82) is 0 Å². The van der Waals surface area contributed by atoms with Crippen molar-refractivity contribution < 1.29 is 0 Å². The Kier molecular flexibility index (Phi) is 7.84. The molecule has 164 valence electrons. The second-order valence-corrected chi connectivity index (χ2v) is 8.07. The average Bonchev–Trinajstić information content (AvgIpc) is 3.08. The molecule has 0 spiro atoms. The van der Waals surface area contributed by atoms with Gasteiger partial charge in [0.05, 0.1) is 17.9 Å². The maximum absolute atomic E-state index is 4.80. The summed E-state index contributed by atoms with van der Waals surface area (Å²) in [6, 6.07) is 19.1. The molecule has 0 aliphatic rings. The zero-order valence-electron chi connectivity index (χ0n) is 19.3. The molecule has 0 fully saturated rings. The molecule has 31 heavy (non-hydrogen) atoms. The highest BCUT2D eigenvalue weighted by Crippen LogP contribution is 2.17. The standard InChI is InChI=1S/C25H34N6/c1-6-26-25(27-16-21-10-9-11-22(15-21)18-30(4)5)28-17-23-12-7-8-13-24(23)31-20(3)14-19(2)29-31/h7-15H,6,16-18H2,1-5H3,(H2,26,27,28). The third-order valence-electron chi connectivity index (χ3n) is 4.93. The molecule has 0 bridgehead atoms. The number of para-hydroxylation sites is 1. The quantitative estimate of drug-likeness (QED) is 0.431. The van der Waals surface area contributed by atoms with E-state index in [1.54, 1.807) is 0 Å². The lowest BCUT2D eigenvalue weighted by atomic mass is 10.1. The first-order valence-electron chi connectivity index (χ1n) is 10.8. The molecule has 3 rings (SSSR count). The summed E-state index contributed by atoms with van der Waals surface area (Å²) in [5.41, 5.74) is 6.92. The molecular weight excluding hydrogens is 384 g/mol. The minimum Gasteiger partial charge on any atom is -0.357 e. The Morgan fingerprint density at radius 3 is 2.48 bits per heavy atom. The highest BCUT2D eigenvalue weighted by molar-refractivity contribution is 5.79. The van der Waals surface area contributed by atoms with Gasteiger partial charge in [0.2, 0.25) is 0 Å². The van der Waals surface area contributed by atoms with E-state index in [0.29, 0.717) is 13.1 Å². The second-order valence-electron chi connectivity index (χ2n) is 8.07. The van der Waals surface area contributed by atoms with Crippen molar-refractivity contribution in [3.8, 4) is 5.69 Å². The van der Waals surface area contributed by atoms with E-state index in [1.165, 1.54) is 16.7 Å². The zero-order valence-corrected chi connectivity index (χ0v) is 19.3. The van der Waals surface area contributed by atoms with E-state index in [2.05, 4.69) is 103 Å². The fourth-order valence-electron chi connectivity index (χ4n) is 3.62. The Hall–Kier alpha value is -3.12. The summed E-state index contributed by atoms with van der Waals surface area (Å²) >= 11 is 0. The SMILES string of the molecule is CCNC(=NCc1cccc(CN(C)C)c1)NCc1ccccc1-n1nc(C)cc1C. The van der Waals surface area contributed by atoms with Gasteiger partial charge in [0.25, 0.3) is 0 Å². The van der Waals surface area contributed by atoms with Crippen LogP contribution < -0.4 is 10.6 Å². The third-order valence-corrected chi connectivity index (χ3v) is 4.93. The second kappa shape index (κ2) is 10.8. The Balaban J connectivity index is 1.72. The first kappa shape index (κ1) is 22.6. The van der Waals surface area contributed by atoms with Crippen LogP contribution in [0.5, 0.6) is 0 Å². The van der Waals surface area contributed by atoms with Crippen LogP contribution in [0.3, 0.4) is 0 Å². The van der Waals surface area contributed by atoms with Crippen molar-refractivity contribution in [2.24, 2.45) is 4.99 Å². The molecule has 0 radical (unpaired) electrons. The molecule has 6 heteroatoms. The Morgan fingerprint density at radius 1 is 1.00 bits per heavy atom. The Labute approximate surface area is 186 Å². The number of aryl methyl sites for hydroxylation is 2. The summed E-state index contributed by atoms with van der Waals surface area (Å²) in [4.78, 5) is 6.98. The predicted molar refractivity (Wildman–Crippen MR) is 129 cm³/mol. The summed E-state index contributed by atoms with van der Waals surface area (Å²) in [5.74, 6) is 0.809. The molecule has 0 saturated heterocycles. The number of nitrogens with one attached hydrogen (secondary N) is 2. The van der Waals surface area contributed by atoms with Crippen LogP contribution in [0, 0.1) is 13.8 Å². The number of benzene rings is 2. The van der Waals surface area contributed by atoms with E-state index >= 15 is 0 Å². The molecule has 0 aliphatic carbocycles. The number of aromatic nitrogens is 2. The van der Waals surface area contributed by atoms with Crippen molar-refractivity contribution in [3.63, 3.8) is 0 Å². The van der Waals surface area contributed by atoms with Crippen LogP contribution in [-0.2, 0) is 19.6 Å². The Bertz CT molecular complexity index is 1020. The van der Waals surface area contributed by atoms with E-state index in [1.807, 2.05) is 11.6 Å². The molecule has 1 heterocycles. The highest BCUT2D eigenvalue weighted by atomic mass is 15.3. The minimum absolute atomic E-state index is 0.635. The molecule has 0 saturated carbocycles. The lowest BCUT2D eigenvalue weighted by Gasteiger charge is -2.15. The van der Waals surface area contributed by atoms with Crippen molar-refractivity contribution >= 4 is 5.96 Å². The summed E-state index contributed by atoms with van der Waals surface area (Å²) in [6.45, 7) is 9.23. The monoisotopic (exact) mass is 418 g/mol. The van der Waals surface area contributed by atoms with Gasteiger partial charge in [-0.05, 0) is 63.7 Å². The number of hydrogen-bond acceptors (Lipinski definition) is 3. The summed E-state index contributed by atoms with van der Waals surface area (Å²) in [6.07, 6.45) is 0. The lowest BCUT2D eigenvalue weighted by Crippen LogP contribution is -2.37. The van der Waals surface area contributed by atoms with Gasteiger partial charge in [-0.25, -0.2) is 9.67 Å². The van der Waals surface area contributed by atoms with E-state index in [-0.39, 0.29) is 0 Å². The maximum Gasteiger partial charge on any atom is 0.191 e. The number of hydrogen-bond donors (Lipinski definition) is 2. The van der Waals surface area contributed by atoms with Crippen LogP contribution in [0.25, 0.3) is 5.69 Å². The zero-order chi connectivity index (χ0) is 22.2. The number of nitrogens with zero attached hydrogens (tertiary/aromatic N) is 4. The molecule has 1 aromatic heterocycles. The molecule has 0 atom stereocenters. The van der Waals surface area contributed by atoms with Crippen molar-refractivity contribution in [3.05, 3.63) is 82.7 Å². The number of aliphatic imine (C=N–C) groups is 1. The summed E-state index contributed by atoms with van der Waals surface area (Å²) in [5, 5.41) is 11.5. The Morgan fingerprint density at radius 2 is 1.77 bits per heavy atom. The highest BCUT2D eigenvalue weighted by Gasteiger charge is 2.09.